The summed E-state index contributed by atoms with van der Waals surface area (Å²) < 4.78 is 0. The lowest BCUT2D eigenvalue weighted by atomic mass is 10.2. The van der Waals surface area contributed by atoms with E-state index in [0.29, 0.717) is 0 Å². The molecule has 0 unspecified atom stereocenters. The second kappa shape index (κ2) is 6.84. The van der Waals surface area contributed by atoms with E-state index in [2.05, 4.69) is 58.3 Å². The number of rotatable bonds is 3. The Hall–Kier alpha value is -2.00. The van der Waals surface area contributed by atoms with Crippen LogP contribution in [0.4, 0.5) is 5.69 Å². The molecule has 3 nitrogen and oxygen atoms in total. The van der Waals surface area contributed by atoms with Crippen LogP contribution in [0.3, 0.4) is 0 Å². The first-order chi connectivity index (χ1) is 10.7. The van der Waals surface area contributed by atoms with Gasteiger partial charge in [-0.05, 0) is 36.8 Å². The van der Waals surface area contributed by atoms with Crippen LogP contribution in [0, 0.1) is 6.92 Å². The van der Waals surface area contributed by atoms with Gasteiger partial charge in [-0.1, -0.05) is 41.4 Å². The van der Waals surface area contributed by atoms with Gasteiger partial charge in [-0.25, -0.2) is 0 Å². The van der Waals surface area contributed by atoms with Gasteiger partial charge in [0.25, 0.3) is 0 Å². The molecule has 0 N–H and O–H groups in total. The lowest BCUT2D eigenvalue weighted by Gasteiger charge is -2.34. The lowest BCUT2D eigenvalue weighted by molar-refractivity contribution is 0.272. The average Bonchev–Trinajstić information content (AvgIpc) is 2.56. The van der Waals surface area contributed by atoms with E-state index in [-0.39, 0.29) is 0 Å². The van der Waals surface area contributed by atoms with Gasteiger partial charge in [0, 0.05) is 23.8 Å². The number of hydrazone groups is 1. The first-order valence-electron chi connectivity index (χ1n) is 7.57. The van der Waals surface area contributed by atoms with Crippen LogP contribution in [-0.4, -0.2) is 37.4 Å². The number of halogens is 1. The third-order valence-electron chi connectivity index (χ3n) is 3.90. The average molecular weight is 314 g/mol. The zero-order valence-electron chi connectivity index (χ0n) is 12.7. The van der Waals surface area contributed by atoms with E-state index in [0.717, 1.165) is 36.8 Å². The van der Waals surface area contributed by atoms with Crippen LogP contribution in [0.1, 0.15) is 11.1 Å². The number of nitrogens with zero attached hydrogens (tertiary/aromatic N) is 3. The first-order valence-corrected chi connectivity index (χ1v) is 7.95. The molecule has 0 atom stereocenters. The van der Waals surface area contributed by atoms with Crippen LogP contribution in [0.25, 0.3) is 0 Å². The van der Waals surface area contributed by atoms with Crippen LogP contribution in [0.15, 0.2) is 53.6 Å². The highest BCUT2D eigenvalue weighted by atomic mass is 35.5. The molecule has 0 saturated carbocycles. The fourth-order valence-electron chi connectivity index (χ4n) is 2.52. The van der Waals surface area contributed by atoms with Crippen LogP contribution >= 0.6 is 11.6 Å². The van der Waals surface area contributed by atoms with E-state index in [9.17, 15) is 0 Å². The Balaban J connectivity index is 1.55. The number of hydrogen-bond donors (Lipinski definition) is 0. The summed E-state index contributed by atoms with van der Waals surface area (Å²) in [7, 11) is 0. The summed E-state index contributed by atoms with van der Waals surface area (Å²) in [4.78, 5) is 2.37. The molecule has 1 aliphatic heterocycles. The number of benzene rings is 2. The minimum Gasteiger partial charge on any atom is -0.368 e. The van der Waals surface area contributed by atoms with Crippen LogP contribution in [-0.2, 0) is 0 Å². The number of piperazine rings is 1. The molecule has 1 saturated heterocycles. The Labute approximate surface area is 136 Å². The monoisotopic (exact) mass is 313 g/mol. The van der Waals surface area contributed by atoms with Gasteiger partial charge in [-0.3, -0.25) is 5.01 Å². The molecule has 114 valence electrons. The third kappa shape index (κ3) is 3.80. The normalized spacial score (nSPS) is 15.5. The molecule has 3 rings (SSSR count). The molecule has 4 heteroatoms. The molecule has 0 aliphatic carbocycles. The van der Waals surface area contributed by atoms with Gasteiger partial charge in [-0.2, -0.15) is 5.10 Å². The summed E-state index contributed by atoms with van der Waals surface area (Å²) in [6.07, 6.45) is 1.94. The molecular formula is C18H20ClN3. The first kappa shape index (κ1) is 14.9. The van der Waals surface area contributed by atoms with E-state index in [1.165, 1.54) is 11.3 Å². The Morgan fingerprint density at radius 2 is 1.55 bits per heavy atom. The van der Waals surface area contributed by atoms with Crippen molar-refractivity contribution < 1.29 is 0 Å². The van der Waals surface area contributed by atoms with E-state index in [1.807, 2.05) is 18.3 Å². The van der Waals surface area contributed by atoms with Crippen molar-refractivity contribution in [3.05, 3.63) is 64.7 Å². The fraction of sp³-hybridized carbons (Fsp3) is 0.278. The molecule has 1 heterocycles. The van der Waals surface area contributed by atoms with Gasteiger partial charge < -0.3 is 4.90 Å². The van der Waals surface area contributed by atoms with Crippen molar-refractivity contribution in [2.75, 3.05) is 31.1 Å². The minimum absolute atomic E-state index is 0.782. The predicted octanol–water partition coefficient (Wildman–Crippen LogP) is 3.80. The van der Waals surface area contributed by atoms with Crippen molar-refractivity contribution in [1.82, 2.24) is 5.01 Å². The highest BCUT2D eigenvalue weighted by Gasteiger charge is 2.15. The van der Waals surface area contributed by atoms with Gasteiger partial charge >= 0.3 is 0 Å². The Morgan fingerprint density at radius 3 is 2.18 bits per heavy atom. The molecule has 1 aliphatic rings. The Morgan fingerprint density at radius 1 is 0.909 bits per heavy atom. The molecule has 1 fully saturated rings. The quantitative estimate of drug-likeness (QED) is 0.803. The molecule has 0 spiro atoms. The lowest BCUT2D eigenvalue weighted by Crippen LogP contribution is -2.44. The van der Waals surface area contributed by atoms with Crippen molar-refractivity contribution in [3.8, 4) is 0 Å². The number of hydrogen-bond acceptors (Lipinski definition) is 3. The summed E-state index contributed by atoms with van der Waals surface area (Å²) in [5.74, 6) is 0. The van der Waals surface area contributed by atoms with Crippen molar-refractivity contribution in [3.63, 3.8) is 0 Å². The number of anilines is 1. The molecule has 2 aromatic rings. The predicted molar refractivity (Wildman–Crippen MR) is 94.0 cm³/mol. The van der Waals surface area contributed by atoms with Crippen molar-refractivity contribution in [1.29, 1.82) is 0 Å². The highest BCUT2D eigenvalue weighted by Crippen LogP contribution is 2.19. The van der Waals surface area contributed by atoms with Gasteiger partial charge in [0.2, 0.25) is 0 Å². The molecule has 0 aromatic heterocycles. The Kier molecular flexibility index (Phi) is 4.64. The summed E-state index contributed by atoms with van der Waals surface area (Å²) in [5.41, 5.74) is 3.64. The summed E-state index contributed by atoms with van der Waals surface area (Å²) in [5, 5.41) is 7.50. The van der Waals surface area contributed by atoms with E-state index in [1.54, 1.807) is 0 Å². The minimum atomic E-state index is 0.782. The van der Waals surface area contributed by atoms with Crippen molar-refractivity contribution in [2.45, 2.75) is 6.92 Å². The summed E-state index contributed by atoms with van der Waals surface area (Å²) in [6.45, 7) is 5.92. The van der Waals surface area contributed by atoms with Gasteiger partial charge in [0.1, 0.15) is 0 Å². The van der Waals surface area contributed by atoms with E-state index >= 15 is 0 Å². The van der Waals surface area contributed by atoms with E-state index in [4.69, 9.17) is 11.6 Å². The van der Waals surface area contributed by atoms with Crippen molar-refractivity contribution in [2.24, 2.45) is 5.10 Å². The second-order valence-electron chi connectivity index (χ2n) is 5.57. The van der Waals surface area contributed by atoms with E-state index < -0.39 is 0 Å². The van der Waals surface area contributed by atoms with Gasteiger partial charge in [0.05, 0.1) is 19.3 Å². The standard InChI is InChI=1S/C18H20ClN3/c1-15-2-4-16(5-3-15)14-20-22-12-10-21(11-13-22)18-8-6-17(19)7-9-18/h2-9,14H,10-13H2,1H3. The fourth-order valence-corrected chi connectivity index (χ4v) is 2.65. The van der Waals surface area contributed by atoms with Crippen LogP contribution in [0.5, 0.6) is 0 Å². The molecule has 0 radical (unpaired) electrons. The number of aryl methyl sites for hydroxylation is 1. The maximum atomic E-state index is 5.94. The molecule has 2 aromatic carbocycles. The molecular weight excluding hydrogens is 294 g/mol. The van der Waals surface area contributed by atoms with Crippen LogP contribution < -0.4 is 4.90 Å². The van der Waals surface area contributed by atoms with Gasteiger partial charge in [0.15, 0.2) is 0 Å². The SMILES string of the molecule is Cc1ccc(C=NN2CCN(c3ccc(Cl)cc3)CC2)cc1. The highest BCUT2D eigenvalue weighted by molar-refractivity contribution is 6.30. The molecule has 0 amide bonds. The largest absolute Gasteiger partial charge is 0.368 e. The van der Waals surface area contributed by atoms with Crippen molar-refractivity contribution >= 4 is 23.5 Å². The van der Waals surface area contributed by atoms with Gasteiger partial charge in [-0.15, -0.1) is 0 Å². The maximum Gasteiger partial charge on any atom is 0.0542 e. The van der Waals surface area contributed by atoms with Crippen LogP contribution in [0.2, 0.25) is 5.02 Å². The maximum absolute atomic E-state index is 5.94. The zero-order valence-corrected chi connectivity index (χ0v) is 13.5. The summed E-state index contributed by atoms with van der Waals surface area (Å²) in [6, 6.07) is 16.5. The molecule has 22 heavy (non-hydrogen) atoms. The third-order valence-corrected chi connectivity index (χ3v) is 4.15. The second-order valence-corrected chi connectivity index (χ2v) is 6.01. The zero-order chi connectivity index (χ0) is 15.4. The summed E-state index contributed by atoms with van der Waals surface area (Å²) >= 11 is 5.94. The topological polar surface area (TPSA) is 18.8 Å². The smallest absolute Gasteiger partial charge is 0.0542 e. The molecule has 0 bridgehead atoms. The Bertz CT molecular complexity index is 626.